The van der Waals surface area contributed by atoms with Gasteiger partial charge in [-0.05, 0) is 25.0 Å². The Labute approximate surface area is 84.2 Å². The first kappa shape index (κ1) is 10.1. The molecule has 12 heavy (non-hydrogen) atoms. The zero-order valence-corrected chi connectivity index (χ0v) is 9.42. The summed E-state index contributed by atoms with van der Waals surface area (Å²) in [5.74, 6) is 0. The quantitative estimate of drug-likeness (QED) is 0.522. The van der Waals surface area contributed by atoms with Gasteiger partial charge in [0.2, 0.25) is 0 Å². The van der Waals surface area contributed by atoms with E-state index in [9.17, 15) is 0 Å². The highest BCUT2D eigenvalue weighted by Gasteiger charge is 2.47. The third-order valence-electron chi connectivity index (χ3n) is 2.52. The van der Waals surface area contributed by atoms with E-state index < -0.39 is 0 Å². The van der Waals surface area contributed by atoms with Crippen LogP contribution in [0, 0.1) is 5.41 Å². The summed E-state index contributed by atoms with van der Waals surface area (Å²) in [6.07, 6.45) is 0. The summed E-state index contributed by atoms with van der Waals surface area (Å²) in [4.78, 5) is 0. The van der Waals surface area contributed by atoms with E-state index in [-0.39, 0.29) is 10.8 Å². The second-order valence-electron chi connectivity index (χ2n) is 4.02. The van der Waals surface area contributed by atoms with Gasteiger partial charge < -0.3 is 0 Å². The lowest BCUT2D eigenvalue weighted by atomic mass is 9.62. The van der Waals surface area contributed by atoms with Crippen LogP contribution in [0.15, 0.2) is 22.3 Å². The molecule has 0 aromatic rings. The lowest BCUT2D eigenvalue weighted by Crippen LogP contribution is -2.42. The van der Waals surface area contributed by atoms with Crippen molar-refractivity contribution in [1.82, 2.24) is 0 Å². The first-order valence-electron chi connectivity index (χ1n) is 4.05. The van der Waals surface area contributed by atoms with Gasteiger partial charge in [-0.15, -0.1) is 11.6 Å². The van der Waals surface area contributed by atoms with Crippen LogP contribution in [-0.2, 0) is 0 Å². The molecule has 0 radical (unpaired) electrons. The van der Waals surface area contributed by atoms with Gasteiger partial charge in [0, 0.05) is 11.0 Å². The fourth-order valence-electron chi connectivity index (χ4n) is 1.63. The Bertz CT molecular complexity index is 255. The van der Waals surface area contributed by atoms with Crippen molar-refractivity contribution in [3.63, 3.8) is 0 Å². The third-order valence-corrected chi connectivity index (χ3v) is 3.50. The molecule has 1 rings (SSSR count). The van der Waals surface area contributed by atoms with Gasteiger partial charge in [0.15, 0.2) is 0 Å². The molecule has 2 heteroatoms. The van der Waals surface area contributed by atoms with Gasteiger partial charge in [0.05, 0.1) is 5.38 Å². The Balaban J connectivity index is 3.09. The Kier molecular flexibility index (Phi) is 2.60. The van der Waals surface area contributed by atoms with E-state index in [4.69, 9.17) is 23.2 Å². The van der Waals surface area contributed by atoms with Gasteiger partial charge in [-0.1, -0.05) is 31.0 Å². The SMILES string of the molecule is CC(C)=C1/C(=C\Cl)C(C)(C)[C@H]1Cl. The van der Waals surface area contributed by atoms with Crippen LogP contribution in [0.4, 0.5) is 0 Å². The molecule has 0 heterocycles. The fourth-order valence-corrected chi connectivity index (χ4v) is 2.48. The van der Waals surface area contributed by atoms with Crippen LogP contribution >= 0.6 is 23.2 Å². The van der Waals surface area contributed by atoms with E-state index in [2.05, 4.69) is 27.7 Å². The molecule has 0 spiro atoms. The Hall–Kier alpha value is 0.0600. The number of allylic oxidation sites excluding steroid dienone is 3. The van der Waals surface area contributed by atoms with Crippen LogP contribution in [0.3, 0.4) is 0 Å². The number of rotatable bonds is 0. The van der Waals surface area contributed by atoms with E-state index in [1.165, 1.54) is 16.7 Å². The van der Waals surface area contributed by atoms with Crippen molar-refractivity contribution in [2.75, 3.05) is 0 Å². The fraction of sp³-hybridized carbons (Fsp3) is 0.600. The Morgan fingerprint density at radius 3 is 2.17 bits per heavy atom. The second-order valence-corrected chi connectivity index (χ2v) is 4.68. The van der Waals surface area contributed by atoms with Crippen LogP contribution in [0.5, 0.6) is 0 Å². The van der Waals surface area contributed by atoms with E-state index in [0.717, 1.165) is 0 Å². The molecule has 1 aliphatic carbocycles. The molecule has 0 nitrogen and oxygen atoms in total. The zero-order valence-electron chi connectivity index (χ0n) is 7.91. The normalized spacial score (nSPS) is 30.3. The van der Waals surface area contributed by atoms with Crippen LogP contribution in [0.25, 0.3) is 0 Å². The molecule has 0 N–H and O–H groups in total. The summed E-state index contributed by atoms with van der Waals surface area (Å²) in [6, 6.07) is 0. The lowest BCUT2D eigenvalue weighted by Gasteiger charge is -2.47. The summed E-state index contributed by atoms with van der Waals surface area (Å²) < 4.78 is 0. The highest BCUT2D eigenvalue weighted by atomic mass is 35.5. The maximum atomic E-state index is 6.22. The third kappa shape index (κ3) is 1.22. The van der Waals surface area contributed by atoms with E-state index in [1.807, 2.05) is 0 Å². The van der Waals surface area contributed by atoms with Gasteiger partial charge in [-0.2, -0.15) is 0 Å². The molecule has 0 amide bonds. The van der Waals surface area contributed by atoms with Crippen molar-refractivity contribution in [2.24, 2.45) is 5.41 Å². The van der Waals surface area contributed by atoms with Crippen LogP contribution < -0.4 is 0 Å². The van der Waals surface area contributed by atoms with E-state index >= 15 is 0 Å². The highest BCUT2D eigenvalue weighted by Crippen LogP contribution is 2.54. The topological polar surface area (TPSA) is 0 Å². The minimum absolute atomic E-state index is 0.0376. The summed E-state index contributed by atoms with van der Waals surface area (Å²) in [5, 5.41) is 0.118. The average Bonchev–Trinajstić information content (AvgIpc) is 1.97. The Morgan fingerprint density at radius 2 is 1.92 bits per heavy atom. The lowest BCUT2D eigenvalue weighted by molar-refractivity contribution is 0.386. The molecule has 0 aromatic carbocycles. The minimum Gasteiger partial charge on any atom is -0.117 e. The molecule has 68 valence electrons. The average molecular weight is 205 g/mol. The maximum absolute atomic E-state index is 6.22. The molecule has 1 atom stereocenters. The van der Waals surface area contributed by atoms with Gasteiger partial charge in [-0.25, -0.2) is 0 Å². The zero-order chi connectivity index (χ0) is 9.52. The molecule has 0 aliphatic heterocycles. The molecular formula is C10H14Cl2. The molecule has 1 aliphatic rings. The molecule has 1 saturated carbocycles. The number of hydrogen-bond acceptors (Lipinski definition) is 0. The minimum atomic E-state index is 0.0376. The monoisotopic (exact) mass is 204 g/mol. The summed E-state index contributed by atoms with van der Waals surface area (Å²) >= 11 is 12.0. The molecule has 0 saturated heterocycles. The van der Waals surface area contributed by atoms with Crippen LogP contribution in [0.1, 0.15) is 27.7 Å². The van der Waals surface area contributed by atoms with Crippen molar-refractivity contribution < 1.29 is 0 Å². The number of halogens is 2. The second kappa shape index (κ2) is 3.08. The van der Waals surface area contributed by atoms with Crippen molar-refractivity contribution in [2.45, 2.75) is 33.1 Å². The van der Waals surface area contributed by atoms with Gasteiger partial charge in [-0.3, -0.25) is 0 Å². The van der Waals surface area contributed by atoms with Gasteiger partial charge in [0.1, 0.15) is 0 Å². The molecule has 0 unspecified atom stereocenters. The number of alkyl halides is 1. The summed E-state index contributed by atoms with van der Waals surface area (Å²) in [6.45, 7) is 8.37. The largest absolute Gasteiger partial charge is 0.117 e. The van der Waals surface area contributed by atoms with Gasteiger partial charge in [0.25, 0.3) is 0 Å². The van der Waals surface area contributed by atoms with Crippen molar-refractivity contribution >= 4 is 23.2 Å². The van der Waals surface area contributed by atoms with Gasteiger partial charge >= 0.3 is 0 Å². The molecule has 0 bridgehead atoms. The Morgan fingerprint density at radius 1 is 1.42 bits per heavy atom. The molecular weight excluding hydrogens is 191 g/mol. The summed E-state index contributed by atoms with van der Waals surface area (Å²) in [5.41, 5.74) is 5.36. The van der Waals surface area contributed by atoms with Crippen LogP contribution in [0.2, 0.25) is 0 Å². The van der Waals surface area contributed by atoms with Crippen LogP contribution in [-0.4, -0.2) is 5.38 Å². The van der Waals surface area contributed by atoms with E-state index in [1.54, 1.807) is 5.54 Å². The van der Waals surface area contributed by atoms with Crippen molar-refractivity contribution in [3.8, 4) is 0 Å². The number of hydrogen-bond donors (Lipinski definition) is 0. The van der Waals surface area contributed by atoms with Crippen molar-refractivity contribution in [3.05, 3.63) is 22.3 Å². The predicted octanol–water partition coefficient (Wildman–Crippen LogP) is 4.09. The molecule has 1 fully saturated rings. The standard InChI is InChI=1S/C10H14Cl2/c1-6(2)8-7(5-11)10(3,4)9(8)12/h5,9H,1-4H3/b7-5+/t9-/m0/s1. The summed E-state index contributed by atoms with van der Waals surface area (Å²) in [7, 11) is 0. The highest BCUT2D eigenvalue weighted by molar-refractivity contribution is 6.29. The molecule has 0 aromatic heterocycles. The maximum Gasteiger partial charge on any atom is 0.0679 e. The van der Waals surface area contributed by atoms with E-state index in [0.29, 0.717) is 0 Å². The smallest absolute Gasteiger partial charge is 0.0679 e. The first-order chi connectivity index (χ1) is 5.42. The van der Waals surface area contributed by atoms with Crippen molar-refractivity contribution in [1.29, 1.82) is 0 Å². The first-order valence-corrected chi connectivity index (χ1v) is 4.93. The predicted molar refractivity (Wildman–Crippen MR) is 55.7 cm³/mol.